The summed E-state index contributed by atoms with van der Waals surface area (Å²) < 4.78 is 0. The average Bonchev–Trinajstić information content (AvgIpc) is 3.36. The fourth-order valence-corrected chi connectivity index (χ4v) is 4.21. The molecule has 0 radical (unpaired) electrons. The van der Waals surface area contributed by atoms with Crippen LogP contribution in [0.1, 0.15) is 36.6 Å². The number of pyridine rings is 1. The molecule has 4 rings (SSSR count). The van der Waals surface area contributed by atoms with Gasteiger partial charge in [-0.2, -0.15) is 0 Å². The van der Waals surface area contributed by atoms with Crippen LogP contribution >= 0.6 is 0 Å². The van der Waals surface area contributed by atoms with Crippen molar-refractivity contribution in [3.05, 3.63) is 66.0 Å². The molecule has 0 bridgehead atoms. The third-order valence-corrected chi connectivity index (χ3v) is 5.85. The minimum atomic E-state index is 0.331. The van der Waals surface area contributed by atoms with Gasteiger partial charge in [-0.3, -0.25) is 15.3 Å². The van der Waals surface area contributed by atoms with Gasteiger partial charge in [0.1, 0.15) is 0 Å². The minimum absolute atomic E-state index is 0.331. The minimum Gasteiger partial charge on any atom is -0.312 e. The second-order valence-corrected chi connectivity index (χ2v) is 7.52. The van der Waals surface area contributed by atoms with E-state index in [2.05, 4.69) is 69.4 Å². The molecule has 138 valence electrons. The van der Waals surface area contributed by atoms with Crippen LogP contribution < -0.4 is 16.2 Å². The number of aromatic nitrogens is 1. The fraction of sp³-hybridized carbons (Fsp3) is 0.476. The topological polar surface area (TPSA) is 52.2 Å². The Labute approximate surface area is 156 Å². The Hall–Kier alpha value is -1.79. The predicted molar refractivity (Wildman–Crippen MR) is 104 cm³/mol. The van der Waals surface area contributed by atoms with Gasteiger partial charge in [0.2, 0.25) is 0 Å². The Morgan fingerprint density at radius 2 is 2.12 bits per heavy atom. The number of rotatable bonds is 6. The summed E-state index contributed by atoms with van der Waals surface area (Å²) in [7, 11) is 0. The number of nitrogens with zero attached hydrogens (tertiary/aromatic N) is 2. The Morgan fingerprint density at radius 1 is 1.23 bits per heavy atom. The number of hydrazine groups is 1. The van der Waals surface area contributed by atoms with Gasteiger partial charge >= 0.3 is 0 Å². The van der Waals surface area contributed by atoms with E-state index in [9.17, 15) is 0 Å². The lowest BCUT2D eigenvalue weighted by atomic mass is 9.96. The van der Waals surface area contributed by atoms with Crippen LogP contribution in [0, 0.1) is 5.92 Å². The van der Waals surface area contributed by atoms with Gasteiger partial charge in [-0.1, -0.05) is 36.4 Å². The van der Waals surface area contributed by atoms with E-state index in [1.165, 1.54) is 24.1 Å². The highest BCUT2D eigenvalue weighted by Gasteiger charge is 2.31. The van der Waals surface area contributed by atoms with Gasteiger partial charge < -0.3 is 5.32 Å². The maximum absolute atomic E-state index is 4.26. The molecule has 1 aromatic carbocycles. The van der Waals surface area contributed by atoms with Gasteiger partial charge in [-0.25, -0.2) is 5.43 Å². The summed E-state index contributed by atoms with van der Waals surface area (Å²) in [6.45, 7) is 6.63. The molecule has 5 nitrogen and oxygen atoms in total. The van der Waals surface area contributed by atoms with E-state index in [0.29, 0.717) is 24.0 Å². The first-order valence-corrected chi connectivity index (χ1v) is 9.72. The Kier molecular flexibility index (Phi) is 5.60. The van der Waals surface area contributed by atoms with Crippen LogP contribution in [-0.2, 0) is 0 Å². The van der Waals surface area contributed by atoms with Crippen LogP contribution in [0.3, 0.4) is 0 Å². The fourth-order valence-electron chi connectivity index (χ4n) is 4.21. The number of hydrogen-bond donors (Lipinski definition) is 3. The number of likely N-dealkylation sites (tertiary alicyclic amines) is 1. The number of hydrogen-bond acceptors (Lipinski definition) is 5. The molecule has 26 heavy (non-hydrogen) atoms. The molecule has 0 amide bonds. The van der Waals surface area contributed by atoms with Crippen LogP contribution in [0.15, 0.2) is 54.9 Å². The van der Waals surface area contributed by atoms with Gasteiger partial charge in [-0.05, 0) is 30.5 Å². The summed E-state index contributed by atoms with van der Waals surface area (Å²) >= 11 is 0. The Balaban J connectivity index is 1.29. The van der Waals surface area contributed by atoms with Crippen LogP contribution in [0.25, 0.3) is 0 Å². The van der Waals surface area contributed by atoms with Crippen molar-refractivity contribution in [1.29, 1.82) is 0 Å². The maximum Gasteiger partial charge on any atom is 0.0530 e. The van der Waals surface area contributed by atoms with Crippen LogP contribution in [-0.4, -0.2) is 42.1 Å². The summed E-state index contributed by atoms with van der Waals surface area (Å²) in [5.41, 5.74) is 9.39. The zero-order chi connectivity index (χ0) is 17.8. The van der Waals surface area contributed by atoms with Crippen molar-refractivity contribution in [1.82, 2.24) is 26.1 Å². The highest BCUT2D eigenvalue weighted by atomic mass is 15.4. The number of nitrogens with one attached hydrogen (secondary N) is 3. The van der Waals surface area contributed by atoms with Crippen molar-refractivity contribution in [2.24, 2.45) is 5.92 Å². The molecule has 3 N–H and O–H groups in total. The van der Waals surface area contributed by atoms with E-state index < -0.39 is 0 Å². The lowest BCUT2D eigenvalue weighted by Gasteiger charge is -2.25. The molecule has 2 aromatic rings. The molecule has 4 unspecified atom stereocenters. The third-order valence-electron chi connectivity index (χ3n) is 5.85. The van der Waals surface area contributed by atoms with Crippen molar-refractivity contribution >= 4 is 0 Å². The lowest BCUT2D eigenvalue weighted by molar-refractivity contribution is 0.254. The molecule has 4 atom stereocenters. The SMILES string of the molecule is CC(c1ccccc1)N1CCC(NCC2CNNC2c2cccnc2)C1. The Morgan fingerprint density at radius 3 is 2.92 bits per heavy atom. The van der Waals surface area contributed by atoms with E-state index in [4.69, 9.17) is 0 Å². The second kappa shape index (κ2) is 8.27. The smallest absolute Gasteiger partial charge is 0.0530 e. The molecule has 1 aromatic heterocycles. The standard InChI is InChI=1S/C21H29N5/c1-16(17-6-3-2-4-7-17)26-11-9-20(15-26)23-13-19-14-24-25-21(19)18-8-5-10-22-12-18/h2-8,10,12,16,19-21,23-25H,9,11,13-15H2,1H3. The van der Waals surface area contributed by atoms with Gasteiger partial charge in [-0.15, -0.1) is 0 Å². The molecule has 3 heterocycles. The molecular formula is C21H29N5. The van der Waals surface area contributed by atoms with E-state index in [1.54, 1.807) is 0 Å². The predicted octanol–water partition coefficient (Wildman–Crippen LogP) is 2.27. The molecule has 0 saturated carbocycles. The van der Waals surface area contributed by atoms with Crippen molar-refractivity contribution < 1.29 is 0 Å². The molecule has 0 aliphatic carbocycles. The van der Waals surface area contributed by atoms with Gasteiger partial charge in [0.25, 0.3) is 0 Å². The third kappa shape index (κ3) is 3.96. The van der Waals surface area contributed by atoms with E-state index in [1.807, 2.05) is 18.5 Å². The zero-order valence-electron chi connectivity index (χ0n) is 15.4. The molecule has 2 fully saturated rings. The number of benzene rings is 1. The van der Waals surface area contributed by atoms with Crippen molar-refractivity contribution in [3.8, 4) is 0 Å². The molecular weight excluding hydrogens is 322 g/mol. The molecule has 2 saturated heterocycles. The summed E-state index contributed by atoms with van der Waals surface area (Å²) in [6, 6.07) is 16.4. The van der Waals surface area contributed by atoms with Crippen LogP contribution in [0.2, 0.25) is 0 Å². The summed E-state index contributed by atoms with van der Waals surface area (Å²) in [5, 5.41) is 3.82. The van der Waals surface area contributed by atoms with Crippen LogP contribution in [0.4, 0.5) is 0 Å². The Bertz CT molecular complexity index is 677. The zero-order valence-corrected chi connectivity index (χ0v) is 15.4. The lowest BCUT2D eigenvalue weighted by Crippen LogP contribution is -2.38. The first-order valence-electron chi connectivity index (χ1n) is 9.72. The molecule has 2 aliphatic heterocycles. The summed E-state index contributed by atoms with van der Waals surface area (Å²) in [6.07, 6.45) is 5.03. The van der Waals surface area contributed by atoms with E-state index in [-0.39, 0.29) is 0 Å². The molecule has 0 spiro atoms. The van der Waals surface area contributed by atoms with Crippen molar-refractivity contribution in [3.63, 3.8) is 0 Å². The summed E-state index contributed by atoms with van der Waals surface area (Å²) in [5.74, 6) is 0.541. The first-order chi connectivity index (χ1) is 12.8. The monoisotopic (exact) mass is 351 g/mol. The normalized spacial score (nSPS) is 27.7. The van der Waals surface area contributed by atoms with Crippen LogP contribution in [0.5, 0.6) is 0 Å². The molecule has 5 heteroatoms. The first kappa shape index (κ1) is 17.6. The summed E-state index contributed by atoms with van der Waals surface area (Å²) in [4.78, 5) is 6.86. The average molecular weight is 351 g/mol. The second-order valence-electron chi connectivity index (χ2n) is 7.52. The van der Waals surface area contributed by atoms with E-state index >= 15 is 0 Å². The van der Waals surface area contributed by atoms with Gasteiger partial charge in [0, 0.05) is 56.6 Å². The van der Waals surface area contributed by atoms with Gasteiger partial charge in [0.05, 0.1) is 6.04 Å². The van der Waals surface area contributed by atoms with E-state index in [0.717, 1.165) is 19.6 Å². The van der Waals surface area contributed by atoms with Crippen molar-refractivity contribution in [2.75, 3.05) is 26.2 Å². The van der Waals surface area contributed by atoms with Gasteiger partial charge in [0.15, 0.2) is 0 Å². The van der Waals surface area contributed by atoms with Crippen molar-refractivity contribution in [2.45, 2.75) is 31.5 Å². The maximum atomic E-state index is 4.26. The quantitative estimate of drug-likeness (QED) is 0.745. The highest BCUT2D eigenvalue weighted by molar-refractivity contribution is 5.19. The largest absolute Gasteiger partial charge is 0.312 e. The highest BCUT2D eigenvalue weighted by Crippen LogP contribution is 2.26. The molecule has 2 aliphatic rings.